The molecule has 0 aromatic heterocycles. The quantitative estimate of drug-likeness (QED) is 0.562. The third-order valence-corrected chi connectivity index (χ3v) is 2.85. The number of esters is 1. The van der Waals surface area contributed by atoms with Crippen molar-refractivity contribution in [3.05, 3.63) is 0 Å². The second-order valence-electron chi connectivity index (χ2n) is 4.05. The number of carbonyl (C=O) groups is 3. The number of thioether (sulfide) groups is 1. The van der Waals surface area contributed by atoms with Crippen molar-refractivity contribution in [1.82, 2.24) is 10.6 Å². The second kappa shape index (κ2) is 9.62. The van der Waals surface area contributed by atoms with Gasteiger partial charge >= 0.3 is 12.0 Å². The van der Waals surface area contributed by atoms with E-state index in [-0.39, 0.29) is 24.2 Å². The number of rotatable bonds is 7. The molecule has 3 amide bonds. The summed E-state index contributed by atoms with van der Waals surface area (Å²) >= 11 is 1.17. The first kappa shape index (κ1) is 17.7. The molecule has 0 aliphatic carbocycles. The van der Waals surface area contributed by atoms with Crippen molar-refractivity contribution in [1.29, 1.82) is 0 Å². The fourth-order valence-electron chi connectivity index (χ4n) is 1.06. The molecule has 0 radical (unpaired) electrons. The number of imide groups is 1. The summed E-state index contributed by atoms with van der Waals surface area (Å²) < 4.78 is 4.73. The van der Waals surface area contributed by atoms with Crippen LogP contribution >= 0.6 is 11.8 Å². The van der Waals surface area contributed by atoms with E-state index in [4.69, 9.17) is 10.5 Å². The van der Waals surface area contributed by atoms with Crippen molar-refractivity contribution in [2.24, 2.45) is 5.73 Å². The lowest BCUT2D eigenvalue weighted by Gasteiger charge is -2.11. The van der Waals surface area contributed by atoms with Gasteiger partial charge < -0.3 is 15.8 Å². The maximum absolute atomic E-state index is 11.4. The number of nitrogens with one attached hydrogen (secondary N) is 2. The molecule has 19 heavy (non-hydrogen) atoms. The normalized spacial score (nSPS) is 11.8. The molecule has 1 atom stereocenters. The first-order valence-electron chi connectivity index (χ1n) is 5.97. The van der Waals surface area contributed by atoms with Crippen molar-refractivity contribution >= 4 is 29.7 Å². The summed E-state index contributed by atoms with van der Waals surface area (Å²) in [5, 5.41) is 4.70. The minimum absolute atomic E-state index is 0.0438. The van der Waals surface area contributed by atoms with Gasteiger partial charge in [-0.3, -0.25) is 14.9 Å². The molecule has 4 N–H and O–H groups in total. The summed E-state index contributed by atoms with van der Waals surface area (Å²) in [5.41, 5.74) is 5.55. The first-order valence-corrected chi connectivity index (χ1v) is 7.12. The Kier molecular flexibility index (Phi) is 8.98. The molecule has 0 rings (SSSR count). The predicted octanol–water partition coefficient (Wildman–Crippen LogP) is -0.156. The van der Waals surface area contributed by atoms with E-state index in [0.717, 1.165) is 0 Å². The molecule has 1 unspecified atom stereocenters. The second-order valence-corrected chi connectivity index (χ2v) is 5.08. The summed E-state index contributed by atoms with van der Waals surface area (Å²) in [7, 11) is 0. The number of nitrogens with two attached hydrogens (primary N) is 1. The van der Waals surface area contributed by atoms with Crippen LogP contribution in [0.3, 0.4) is 0 Å². The maximum Gasteiger partial charge on any atom is 0.323 e. The number of hydrogen-bond acceptors (Lipinski definition) is 6. The monoisotopic (exact) mass is 291 g/mol. The molecule has 7 nitrogen and oxygen atoms in total. The molecular weight excluding hydrogens is 270 g/mol. The van der Waals surface area contributed by atoms with Crippen molar-refractivity contribution in [2.45, 2.75) is 32.9 Å². The molecule has 0 heterocycles. The molecule has 0 aliphatic rings. The zero-order valence-electron chi connectivity index (χ0n) is 11.4. The van der Waals surface area contributed by atoms with Gasteiger partial charge in [0, 0.05) is 11.8 Å². The van der Waals surface area contributed by atoms with Gasteiger partial charge in [-0.2, -0.15) is 0 Å². The van der Waals surface area contributed by atoms with Crippen molar-refractivity contribution in [3.63, 3.8) is 0 Å². The molecule has 0 bridgehead atoms. The van der Waals surface area contributed by atoms with E-state index < -0.39 is 23.9 Å². The van der Waals surface area contributed by atoms with E-state index in [2.05, 4.69) is 10.6 Å². The molecule has 0 spiro atoms. The van der Waals surface area contributed by atoms with Crippen molar-refractivity contribution < 1.29 is 19.1 Å². The minimum Gasteiger partial charge on any atom is -0.465 e. The predicted molar refractivity (Wildman–Crippen MR) is 73.7 cm³/mol. The van der Waals surface area contributed by atoms with Crippen LogP contribution in [0.25, 0.3) is 0 Å². The van der Waals surface area contributed by atoms with Crippen molar-refractivity contribution in [2.75, 3.05) is 18.1 Å². The van der Waals surface area contributed by atoms with Crippen LogP contribution in [0.1, 0.15) is 20.8 Å². The highest BCUT2D eigenvalue weighted by Crippen LogP contribution is 2.02. The van der Waals surface area contributed by atoms with Crippen LogP contribution in [0.4, 0.5) is 4.79 Å². The van der Waals surface area contributed by atoms with Gasteiger partial charge in [0.25, 0.3) is 0 Å². The van der Waals surface area contributed by atoms with Gasteiger partial charge in [0.15, 0.2) is 0 Å². The molecule has 0 aromatic rings. The Morgan fingerprint density at radius 2 is 1.95 bits per heavy atom. The molecule has 110 valence electrons. The molecular formula is C11H21N3O4S. The Bertz CT molecular complexity index is 323. The zero-order valence-corrected chi connectivity index (χ0v) is 12.2. The van der Waals surface area contributed by atoms with Gasteiger partial charge in [-0.15, -0.1) is 11.8 Å². The SMILES string of the molecule is CCOC(=O)C(N)CSCC(=O)NC(=O)NC(C)C. The van der Waals surface area contributed by atoms with Crippen LogP contribution in [-0.4, -0.2) is 48.1 Å². The first-order chi connectivity index (χ1) is 8.86. The molecule has 0 aromatic carbocycles. The van der Waals surface area contributed by atoms with Gasteiger partial charge in [-0.1, -0.05) is 0 Å². The largest absolute Gasteiger partial charge is 0.465 e. The maximum atomic E-state index is 11.4. The Hall–Kier alpha value is -1.28. The summed E-state index contributed by atoms with van der Waals surface area (Å²) in [4.78, 5) is 33.8. The van der Waals surface area contributed by atoms with E-state index >= 15 is 0 Å². The van der Waals surface area contributed by atoms with Gasteiger partial charge in [0.05, 0.1) is 12.4 Å². The third-order valence-electron chi connectivity index (χ3n) is 1.79. The number of carbonyl (C=O) groups excluding carboxylic acids is 3. The Balaban J connectivity index is 3.80. The van der Waals surface area contributed by atoms with E-state index in [1.54, 1.807) is 20.8 Å². The van der Waals surface area contributed by atoms with Crippen LogP contribution in [0.5, 0.6) is 0 Å². The Labute approximate surface area is 117 Å². The minimum atomic E-state index is -0.762. The standard InChI is InChI=1S/C11H21N3O4S/c1-4-18-10(16)8(12)5-19-6-9(15)14-11(17)13-7(2)3/h7-8H,4-6,12H2,1-3H3,(H2,13,14,15,17). The molecule has 0 saturated heterocycles. The van der Waals surface area contributed by atoms with Gasteiger partial charge in [0.1, 0.15) is 6.04 Å². The number of hydrogen-bond donors (Lipinski definition) is 3. The van der Waals surface area contributed by atoms with Crippen LogP contribution in [-0.2, 0) is 14.3 Å². The smallest absolute Gasteiger partial charge is 0.323 e. The number of urea groups is 1. The van der Waals surface area contributed by atoms with Crippen molar-refractivity contribution in [3.8, 4) is 0 Å². The van der Waals surface area contributed by atoms with E-state index in [0.29, 0.717) is 0 Å². The van der Waals surface area contributed by atoms with Crippen LogP contribution in [0.2, 0.25) is 0 Å². The highest BCUT2D eigenvalue weighted by Gasteiger charge is 2.15. The molecule has 0 fully saturated rings. The van der Waals surface area contributed by atoms with E-state index in [9.17, 15) is 14.4 Å². The molecule has 0 saturated carbocycles. The van der Waals surface area contributed by atoms with Crippen LogP contribution in [0, 0.1) is 0 Å². The van der Waals surface area contributed by atoms with E-state index in [1.165, 1.54) is 11.8 Å². The summed E-state index contributed by atoms with van der Waals surface area (Å²) in [5.74, 6) is -0.608. The highest BCUT2D eigenvalue weighted by atomic mass is 32.2. The average Bonchev–Trinajstić information content (AvgIpc) is 2.27. The zero-order chi connectivity index (χ0) is 14.8. The van der Waals surface area contributed by atoms with Gasteiger partial charge in [-0.05, 0) is 20.8 Å². The highest BCUT2D eigenvalue weighted by molar-refractivity contribution is 8.00. The number of amides is 3. The molecule has 0 aliphatic heterocycles. The Morgan fingerprint density at radius 1 is 1.32 bits per heavy atom. The fraction of sp³-hybridized carbons (Fsp3) is 0.727. The average molecular weight is 291 g/mol. The third kappa shape index (κ3) is 9.32. The molecule has 8 heteroatoms. The topological polar surface area (TPSA) is 111 Å². The van der Waals surface area contributed by atoms with Crippen LogP contribution in [0.15, 0.2) is 0 Å². The summed E-state index contributed by atoms with van der Waals surface area (Å²) in [6, 6.07) is -1.34. The number of ether oxygens (including phenoxy) is 1. The fourth-order valence-corrected chi connectivity index (χ4v) is 1.82. The summed E-state index contributed by atoms with van der Waals surface area (Å²) in [6.07, 6.45) is 0. The van der Waals surface area contributed by atoms with Crippen LogP contribution < -0.4 is 16.4 Å². The van der Waals surface area contributed by atoms with E-state index in [1.807, 2.05) is 0 Å². The lowest BCUT2D eigenvalue weighted by molar-refractivity contribution is -0.144. The Morgan fingerprint density at radius 3 is 2.47 bits per heavy atom. The lowest BCUT2D eigenvalue weighted by Crippen LogP contribution is -2.43. The lowest BCUT2D eigenvalue weighted by atomic mass is 10.4. The summed E-state index contributed by atoms with van der Waals surface area (Å²) in [6.45, 7) is 5.54. The van der Waals surface area contributed by atoms with Gasteiger partial charge in [-0.25, -0.2) is 4.79 Å². The van der Waals surface area contributed by atoms with Gasteiger partial charge in [0.2, 0.25) is 5.91 Å².